The number of hydrogen-bond donors (Lipinski definition) is 1. The molecule has 0 saturated carbocycles. The molecule has 1 atom stereocenters. The Kier molecular flexibility index (Phi) is 6.92. The number of hydrogen-bond acceptors (Lipinski definition) is 2. The van der Waals surface area contributed by atoms with Gasteiger partial charge in [-0.2, -0.15) is 0 Å². The first kappa shape index (κ1) is 19.9. The molecule has 0 aromatic heterocycles. The van der Waals surface area contributed by atoms with Crippen LogP contribution in [0.15, 0.2) is 54.6 Å². The topological polar surface area (TPSA) is 38.3 Å². The van der Waals surface area contributed by atoms with E-state index in [9.17, 15) is 4.79 Å². The van der Waals surface area contributed by atoms with Crippen molar-refractivity contribution in [2.45, 2.75) is 43.9 Å². The van der Waals surface area contributed by atoms with Crippen LogP contribution in [0.2, 0.25) is 5.02 Å². The average molecular weight is 386 g/mol. The zero-order valence-electron chi connectivity index (χ0n) is 15.9. The van der Waals surface area contributed by atoms with Gasteiger partial charge < -0.3 is 10.1 Å². The van der Waals surface area contributed by atoms with Crippen molar-refractivity contribution in [3.05, 3.63) is 70.7 Å². The first-order valence-electron chi connectivity index (χ1n) is 9.81. The van der Waals surface area contributed by atoms with Gasteiger partial charge in [0.15, 0.2) is 0 Å². The van der Waals surface area contributed by atoms with Crippen LogP contribution in [-0.2, 0) is 14.9 Å². The summed E-state index contributed by atoms with van der Waals surface area (Å²) in [5, 5.41) is 4.00. The van der Waals surface area contributed by atoms with Crippen LogP contribution in [0.1, 0.15) is 49.7 Å². The lowest BCUT2D eigenvalue weighted by Gasteiger charge is -2.38. The maximum atomic E-state index is 13.0. The molecule has 0 spiro atoms. The van der Waals surface area contributed by atoms with Crippen molar-refractivity contribution in [1.82, 2.24) is 5.32 Å². The lowest BCUT2D eigenvalue weighted by molar-refractivity contribution is -0.123. The highest BCUT2D eigenvalue weighted by Gasteiger charge is 2.35. The average Bonchev–Trinajstić information content (AvgIpc) is 2.72. The van der Waals surface area contributed by atoms with Gasteiger partial charge in [0.05, 0.1) is 5.92 Å². The van der Waals surface area contributed by atoms with Gasteiger partial charge in [0.2, 0.25) is 5.91 Å². The van der Waals surface area contributed by atoms with Gasteiger partial charge in [-0.25, -0.2) is 0 Å². The summed E-state index contributed by atoms with van der Waals surface area (Å²) in [6, 6.07) is 18.1. The third kappa shape index (κ3) is 4.91. The van der Waals surface area contributed by atoms with Crippen molar-refractivity contribution in [2.75, 3.05) is 19.8 Å². The molecule has 2 aromatic rings. The summed E-state index contributed by atoms with van der Waals surface area (Å²) in [6.07, 6.45) is 3.63. The number of carbonyl (C=O) groups is 1. The van der Waals surface area contributed by atoms with Crippen LogP contribution in [0.3, 0.4) is 0 Å². The molecule has 1 aliphatic heterocycles. The molecule has 27 heavy (non-hydrogen) atoms. The van der Waals surface area contributed by atoms with E-state index in [0.717, 1.165) is 49.5 Å². The van der Waals surface area contributed by atoms with Crippen molar-refractivity contribution in [2.24, 2.45) is 0 Å². The van der Waals surface area contributed by atoms with Gasteiger partial charge in [-0.3, -0.25) is 4.79 Å². The van der Waals surface area contributed by atoms with Gasteiger partial charge in [-0.05, 0) is 42.5 Å². The Morgan fingerprint density at radius 2 is 1.78 bits per heavy atom. The molecule has 3 nitrogen and oxygen atoms in total. The summed E-state index contributed by atoms with van der Waals surface area (Å²) in [5.41, 5.74) is 2.22. The van der Waals surface area contributed by atoms with Crippen LogP contribution in [-0.4, -0.2) is 25.7 Å². The molecule has 1 N–H and O–H groups in total. The van der Waals surface area contributed by atoms with E-state index in [1.807, 2.05) is 42.5 Å². The molecule has 1 amide bonds. The maximum absolute atomic E-state index is 13.0. The van der Waals surface area contributed by atoms with E-state index >= 15 is 0 Å². The summed E-state index contributed by atoms with van der Waals surface area (Å²) in [7, 11) is 0. The zero-order valence-corrected chi connectivity index (χ0v) is 16.7. The maximum Gasteiger partial charge on any atom is 0.227 e. The molecule has 4 heteroatoms. The summed E-state index contributed by atoms with van der Waals surface area (Å²) in [5.74, 6) is 0.0150. The standard InChI is InChI=1S/C23H28ClNO2/c1-2-6-21(18-7-4-3-5-8-18)22(26)25-17-23(13-15-27-16-14-23)19-9-11-20(24)12-10-19/h3-5,7-12,21H,2,6,13-17H2,1H3,(H,25,26). The normalized spacial score (nSPS) is 17.3. The first-order chi connectivity index (χ1) is 13.1. The number of ether oxygens (including phenoxy) is 1. The molecular formula is C23H28ClNO2. The second-order valence-corrected chi connectivity index (χ2v) is 7.81. The summed E-state index contributed by atoms with van der Waals surface area (Å²) in [6.45, 7) is 4.19. The Morgan fingerprint density at radius 1 is 1.11 bits per heavy atom. The highest BCUT2D eigenvalue weighted by Crippen LogP contribution is 2.35. The molecule has 1 heterocycles. The minimum atomic E-state index is -0.0988. The molecule has 0 radical (unpaired) electrons. The van der Waals surface area contributed by atoms with E-state index in [1.165, 1.54) is 5.56 Å². The van der Waals surface area contributed by atoms with Crippen molar-refractivity contribution in [3.8, 4) is 0 Å². The quantitative estimate of drug-likeness (QED) is 0.721. The smallest absolute Gasteiger partial charge is 0.227 e. The van der Waals surface area contributed by atoms with Crippen LogP contribution >= 0.6 is 11.6 Å². The van der Waals surface area contributed by atoms with Crippen LogP contribution in [0.25, 0.3) is 0 Å². The molecule has 144 valence electrons. The van der Waals surface area contributed by atoms with Gasteiger partial charge in [0.25, 0.3) is 0 Å². The van der Waals surface area contributed by atoms with E-state index in [4.69, 9.17) is 16.3 Å². The molecule has 2 aromatic carbocycles. The van der Waals surface area contributed by atoms with Crippen LogP contribution in [0.5, 0.6) is 0 Å². The highest BCUT2D eigenvalue weighted by molar-refractivity contribution is 6.30. The number of nitrogens with one attached hydrogen (secondary N) is 1. The van der Waals surface area contributed by atoms with Crippen LogP contribution < -0.4 is 5.32 Å². The van der Waals surface area contributed by atoms with Crippen LogP contribution in [0, 0.1) is 0 Å². The summed E-state index contributed by atoms with van der Waals surface area (Å²) < 4.78 is 5.59. The molecule has 0 bridgehead atoms. The SMILES string of the molecule is CCCC(C(=O)NCC1(c2ccc(Cl)cc2)CCOCC1)c1ccccc1. The molecule has 1 unspecified atom stereocenters. The van der Waals surface area contributed by atoms with Gasteiger partial charge in [0, 0.05) is 30.2 Å². The Morgan fingerprint density at radius 3 is 2.41 bits per heavy atom. The zero-order chi connectivity index (χ0) is 19.1. The number of amides is 1. The number of benzene rings is 2. The third-order valence-corrected chi connectivity index (χ3v) is 5.86. The van der Waals surface area contributed by atoms with E-state index in [0.29, 0.717) is 6.54 Å². The van der Waals surface area contributed by atoms with Crippen LogP contribution in [0.4, 0.5) is 0 Å². The fourth-order valence-electron chi connectivity index (χ4n) is 3.94. The number of carbonyl (C=O) groups excluding carboxylic acids is 1. The van der Waals surface area contributed by atoms with E-state index in [2.05, 4.69) is 24.4 Å². The predicted octanol–water partition coefficient (Wildman–Crippen LogP) is 5.09. The molecule has 3 rings (SSSR count). The van der Waals surface area contributed by atoms with Crippen molar-refractivity contribution in [3.63, 3.8) is 0 Å². The van der Waals surface area contributed by atoms with E-state index in [1.54, 1.807) is 0 Å². The minimum Gasteiger partial charge on any atom is -0.381 e. The fourth-order valence-corrected chi connectivity index (χ4v) is 4.06. The highest BCUT2D eigenvalue weighted by atomic mass is 35.5. The van der Waals surface area contributed by atoms with Gasteiger partial charge in [-0.1, -0.05) is 67.4 Å². The van der Waals surface area contributed by atoms with Crippen molar-refractivity contribution in [1.29, 1.82) is 0 Å². The Hall–Kier alpha value is -1.84. The van der Waals surface area contributed by atoms with E-state index in [-0.39, 0.29) is 17.2 Å². The Balaban J connectivity index is 1.76. The minimum absolute atomic E-state index is 0.0913. The molecule has 1 saturated heterocycles. The monoisotopic (exact) mass is 385 g/mol. The van der Waals surface area contributed by atoms with E-state index < -0.39 is 0 Å². The van der Waals surface area contributed by atoms with Gasteiger partial charge in [0.1, 0.15) is 0 Å². The van der Waals surface area contributed by atoms with Gasteiger partial charge >= 0.3 is 0 Å². The molecule has 1 fully saturated rings. The second kappa shape index (κ2) is 9.38. The fraction of sp³-hybridized carbons (Fsp3) is 0.435. The van der Waals surface area contributed by atoms with Gasteiger partial charge in [-0.15, -0.1) is 0 Å². The Labute approximate surface area is 167 Å². The second-order valence-electron chi connectivity index (χ2n) is 7.37. The van der Waals surface area contributed by atoms with Crippen molar-refractivity contribution < 1.29 is 9.53 Å². The van der Waals surface area contributed by atoms with Crippen molar-refractivity contribution >= 4 is 17.5 Å². The lowest BCUT2D eigenvalue weighted by Crippen LogP contribution is -2.45. The predicted molar refractivity (Wildman–Crippen MR) is 110 cm³/mol. The summed E-state index contributed by atoms with van der Waals surface area (Å²) in [4.78, 5) is 13.0. The first-order valence-corrected chi connectivity index (χ1v) is 10.2. The molecular weight excluding hydrogens is 358 g/mol. The lowest BCUT2D eigenvalue weighted by atomic mass is 9.74. The summed E-state index contributed by atoms with van der Waals surface area (Å²) >= 11 is 6.07. The number of halogens is 1. The molecule has 1 aliphatic rings. The largest absolute Gasteiger partial charge is 0.381 e. The third-order valence-electron chi connectivity index (χ3n) is 5.60. The Bertz CT molecular complexity index is 724. The number of rotatable bonds is 7. The molecule has 0 aliphatic carbocycles.